The molecule has 0 heterocycles. The smallest absolute Gasteiger partial charge is 0.127 e. The van der Waals surface area contributed by atoms with Gasteiger partial charge in [0.1, 0.15) is 18.2 Å². The van der Waals surface area contributed by atoms with E-state index in [1.54, 1.807) is 0 Å². The maximum atomic E-state index is 13.4. The Morgan fingerprint density at radius 3 is 2.68 bits per heavy atom. The van der Waals surface area contributed by atoms with Gasteiger partial charge in [-0.05, 0) is 30.2 Å². The third kappa shape index (κ3) is 7.13. The molecule has 1 aromatic carbocycles. The van der Waals surface area contributed by atoms with Gasteiger partial charge in [-0.3, -0.25) is 0 Å². The van der Waals surface area contributed by atoms with E-state index in [4.69, 9.17) is 9.47 Å². The van der Waals surface area contributed by atoms with Crippen LogP contribution >= 0.6 is 0 Å². The van der Waals surface area contributed by atoms with Crippen LogP contribution < -0.4 is 10.1 Å². The molecule has 0 saturated heterocycles. The van der Waals surface area contributed by atoms with Gasteiger partial charge in [0, 0.05) is 19.2 Å². The fraction of sp³-hybridized carbons (Fsp3) is 0.600. The van der Waals surface area contributed by atoms with Crippen molar-refractivity contribution in [3.8, 4) is 5.75 Å². The SMILES string of the molecule is CCNCc1cc(F)cc(OCCOCC(C)C)c1. The first-order valence-electron chi connectivity index (χ1n) is 6.82. The Bertz CT molecular complexity index is 369. The lowest BCUT2D eigenvalue weighted by atomic mass is 10.2. The monoisotopic (exact) mass is 269 g/mol. The summed E-state index contributed by atoms with van der Waals surface area (Å²) in [4.78, 5) is 0. The minimum Gasteiger partial charge on any atom is -0.491 e. The van der Waals surface area contributed by atoms with Crippen LogP contribution in [-0.4, -0.2) is 26.4 Å². The summed E-state index contributed by atoms with van der Waals surface area (Å²) < 4.78 is 24.3. The number of hydrogen-bond donors (Lipinski definition) is 1. The second-order valence-corrected chi connectivity index (χ2v) is 4.89. The van der Waals surface area contributed by atoms with Gasteiger partial charge in [0.05, 0.1) is 6.61 Å². The Hall–Kier alpha value is -1.13. The van der Waals surface area contributed by atoms with Crippen molar-refractivity contribution in [3.63, 3.8) is 0 Å². The molecule has 0 bridgehead atoms. The highest BCUT2D eigenvalue weighted by molar-refractivity contribution is 5.29. The van der Waals surface area contributed by atoms with Crippen molar-refractivity contribution in [2.75, 3.05) is 26.4 Å². The average molecular weight is 269 g/mol. The van der Waals surface area contributed by atoms with E-state index in [0.717, 1.165) is 18.7 Å². The first-order valence-corrected chi connectivity index (χ1v) is 6.82. The Morgan fingerprint density at radius 2 is 2.00 bits per heavy atom. The van der Waals surface area contributed by atoms with Gasteiger partial charge < -0.3 is 14.8 Å². The molecular weight excluding hydrogens is 245 g/mol. The lowest BCUT2D eigenvalue weighted by Gasteiger charge is -2.10. The van der Waals surface area contributed by atoms with Crippen LogP contribution in [0.1, 0.15) is 26.3 Å². The summed E-state index contributed by atoms with van der Waals surface area (Å²) in [6.45, 7) is 9.40. The van der Waals surface area contributed by atoms with Crippen molar-refractivity contribution in [3.05, 3.63) is 29.6 Å². The standard InChI is InChI=1S/C15H24FNO2/c1-4-17-10-13-7-14(16)9-15(8-13)19-6-5-18-11-12(2)3/h7-9,12,17H,4-6,10-11H2,1-3H3. The number of benzene rings is 1. The zero-order chi connectivity index (χ0) is 14.1. The lowest BCUT2D eigenvalue weighted by molar-refractivity contribution is 0.0818. The molecule has 0 aromatic heterocycles. The predicted octanol–water partition coefficient (Wildman–Crippen LogP) is 2.99. The fourth-order valence-electron chi connectivity index (χ4n) is 1.61. The molecular formula is C15H24FNO2. The van der Waals surface area contributed by atoms with Gasteiger partial charge >= 0.3 is 0 Å². The molecule has 0 radical (unpaired) electrons. The first-order chi connectivity index (χ1) is 9.11. The summed E-state index contributed by atoms with van der Waals surface area (Å²) in [5.74, 6) is 0.801. The number of nitrogens with one attached hydrogen (secondary N) is 1. The summed E-state index contributed by atoms with van der Waals surface area (Å²) in [5.41, 5.74) is 0.889. The van der Waals surface area contributed by atoms with E-state index in [2.05, 4.69) is 19.2 Å². The molecule has 0 spiro atoms. The van der Waals surface area contributed by atoms with Crippen LogP contribution in [0.4, 0.5) is 4.39 Å². The summed E-state index contributed by atoms with van der Waals surface area (Å²) in [6.07, 6.45) is 0. The Labute approximate surface area is 115 Å². The van der Waals surface area contributed by atoms with Gasteiger partial charge in [0.25, 0.3) is 0 Å². The largest absolute Gasteiger partial charge is 0.491 e. The number of halogens is 1. The quantitative estimate of drug-likeness (QED) is 0.699. The van der Waals surface area contributed by atoms with Crippen LogP contribution in [-0.2, 0) is 11.3 Å². The van der Waals surface area contributed by atoms with Crippen LogP contribution in [0.15, 0.2) is 18.2 Å². The van der Waals surface area contributed by atoms with E-state index < -0.39 is 0 Å². The molecule has 0 aliphatic carbocycles. The molecule has 3 nitrogen and oxygen atoms in total. The second kappa shape index (κ2) is 8.88. The molecule has 4 heteroatoms. The van der Waals surface area contributed by atoms with E-state index >= 15 is 0 Å². The number of ether oxygens (including phenoxy) is 2. The van der Waals surface area contributed by atoms with Crippen molar-refractivity contribution < 1.29 is 13.9 Å². The van der Waals surface area contributed by atoms with Crippen molar-refractivity contribution in [1.29, 1.82) is 0 Å². The topological polar surface area (TPSA) is 30.5 Å². The minimum absolute atomic E-state index is 0.270. The van der Waals surface area contributed by atoms with Crippen LogP contribution in [0.25, 0.3) is 0 Å². The summed E-state index contributed by atoms with van der Waals surface area (Å²) >= 11 is 0. The number of hydrogen-bond acceptors (Lipinski definition) is 3. The van der Waals surface area contributed by atoms with Gasteiger partial charge in [-0.15, -0.1) is 0 Å². The molecule has 0 unspecified atom stereocenters. The van der Waals surface area contributed by atoms with Gasteiger partial charge in [-0.1, -0.05) is 20.8 Å². The Kier molecular flexibility index (Phi) is 7.45. The maximum Gasteiger partial charge on any atom is 0.127 e. The minimum atomic E-state index is -0.270. The highest BCUT2D eigenvalue weighted by atomic mass is 19.1. The Balaban J connectivity index is 2.38. The van der Waals surface area contributed by atoms with Crippen molar-refractivity contribution in [2.24, 2.45) is 5.92 Å². The molecule has 0 aliphatic heterocycles. The van der Waals surface area contributed by atoms with Crippen LogP contribution in [0.3, 0.4) is 0 Å². The molecule has 0 amide bonds. The van der Waals surface area contributed by atoms with E-state index in [-0.39, 0.29) is 5.82 Å². The van der Waals surface area contributed by atoms with Crippen molar-refractivity contribution >= 4 is 0 Å². The van der Waals surface area contributed by atoms with E-state index in [1.165, 1.54) is 12.1 Å². The molecule has 0 atom stereocenters. The molecule has 108 valence electrons. The second-order valence-electron chi connectivity index (χ2n) is 4.89. The van der Waals surface area contributed by atoms with Gasteiger partial charge in [0.15, 0.2) is 0 Å². The highest BCUT2D eigenvalue weighted by Gasteiger charge is 2.02. The van der Waals surface area contributed by atoms with E-state index in [9.17, 15) is 4.39 Å². The van der Waals surface area contributed by atoms with Crippen molar-refractivity contribution in [1.82, 2.24) is 5.32 Å². The zero-order valence-electron chi connectivity index (χ0n) is 12.0. The molecule has 0 saturated carbocycles. The molecule has 0 fully saturated rings. The van der Waals surface area contributed by atoms with Crippen LogP contribution in [0, 0.1) is 11.7 Å². The van der Waals surface area contributed by atoms with E-state index in [1.807, 2.05) is 13.0 Å². The number of rotatable bonds is 9. The summed E-state index contributed by atoms with van der Waals surface area (Å²) in [5, 5.41) is 3.16. The third-order valence-electron chi connectivity index (χ3n) is 2.46. The zero-order valence-corrected chi connectivity index (χ0v) is 12.0. The molecule has 0 aliphatic rings. The fourth-order valence-corrected chi connectivity index (χ4v) is 1.61. The van der Waals surface area contributed by atoms with Crippen LogP contribution in [0.2, 0.25) is 0 Å². The summed E-state index contributed by atoms with van der Waals surface area (Å²) in [6, 6.07) is 4.77. The molecule has 1 aromatic rings. The molecule has 19 heavy (non-hydrogen) atoms. The summed E-state index contributed by atoms with van der Waals surface area (Å²) in [7, 11) is 0. The predicted molar refractivity (Wildman–Crippen MR) is 74.9 cm³/mol. The molecule has 1 N–H and O–H groups in total. The third-order valence-corrected chi connectivity index (χ3v) is 2.46. The van der Waals surface area contributed by atoms with Gasteiger partial charge in [0.2, 0.25) is 0 Å². The van der Waals surface area contributed by atoms with Crippen LogP contribution in [0.5, 0.6) is 5.75 Å². The first kappa shape index (κ1) is 15.9. The average Bonchev–Trinajstić information content (AvgIpc) is 2.35. The molecule has 1 rings (SSSR count). The van der Waals surface area contributed by atoms with E-state index in [0.29, 0.717) is 31.4 Å². The highest BCUT2D eigenvalue weighted by Crippen LogP contribution is 2.16. The normalized spacial score (nSPS) is 11.0. The van der Waals surface area contributed by atoms with Crippen molar-refractivity contribution in [2.45, 2.75) is 27.3 Å². The van der Waals surface area contributed by atoms with Gasteiger partial charge in [-0.2, -0.15) is 0 Å². The maximum absolute atomic E-state index is 13.4. The Morgan fingerprint density at radius 1 is 1.21 bits per heavy atom. The lowest BCUT2D eigenvalue weighted by Crippen LogP contribution is -2.13. The van der Waals surface area contributed by atoms with Gasteiger partial charge in [-0.25, -0.2) is 4.39 Å².